The number of hydrogen-bond donors (Lipinski definition) is 1. The fraction of sp³-hybridized carbons (Fsp3) is 0.407. The van der Waals surface area contributed by atoms with Crippen LogP contribution >= 0.6 is 23.2 Å². The summed E-state index contributed by atoms with van der Waals surface area (Å²) in [5.41, 5.74) is 2.46. The zero-order valence-electron chi connectivity index (χ0n) is 19.0. The maximum Gasteiger partial charge on any atom is 0.228 e. The highest BCUT2D eigenvalue weighted by Gasteiger charge is 2.51. The van der Waals surface area contributed by atoms with E-state index in [1.54, 1.807) is 36.4 Å². The summed E-state index contributed by atoms with van der Waals surface area (Å²) in [6.07, 6.45) is 4.81. The Labute approximate surface area is 212 Å². The second-order valence-electron chi connectivity index (χ2n) is 9.90. The molecule has 1 heterocycles. The van der Waals surface area contributed by atoms with Gasteiger partial charge in [0.2, 0.25) is 5.91 Å². The van der Waals surface area contributed by atoms with Gasteiger partial charge >= 0.3 is 0 Å². The molecule has 4 aliphatic carbocycles. The van der Waals surface area contributed by atoms with Gasteiger partial charge in [-0.2, -0.15) is 0 Å². The molecule has 1 N–H and O–H groups in total. The van der Waals surface area contributed by atoms with Crippen LogP contribution in [0.25, 0.3) is 11.3 Å². The number of rotatable bonds is 7. The minimum atomic E-state index is -0.416. The standard InChI is InChI=1S/C27H25Cl2FN2O3/c28-19-4-3-5-20(29)24(19)25-18(26(35-32-25)14-8-9-14)13-34-17-11-15-10-16(12-17)23(15)27(33)31-22-7-2-1-6-21(22)30/h1-7,14-17,23H,8-13H2,(H,31,33). The summed E-state index contributed by atoms with van der Waals surface area (Å²) in [6.45, 7) is 0.364. The van der Waals surface area contributed by atoms with Crippen LogP contribution in [0.4, 0.5) is 10.1 Å². The van der Waals surface area contributed by atoms with Crippen molar-refractivity contribution in [3.8, 4) is 11.3 Å². The van der Waals surface area contributed by atoms with Gasteiger partial charge in [0.05, 0.1) is 28.4 Å². The van der Waals surface area contributed by atoms with Gasteiger partial charge in [-0.1, -0.05) is 46.6 Å². The highest BCUT2D eigenvalue weighted by atomic mass is 35.5. The third kappa shape index (κ3) is 4.37. The van der Waals surface area contributed by atoms with Gasteiger partial charge in [0.1, 0.15) is 17.3 Å². The van der Waals surface area contributed by atoms with E-state index in [1.807, 2.05) is 0 Å². The first-order valence-electron chi connectivity index (χ1n) is 12.1. The Morgan fingerprint density at radius 2 is 1.77 bits per heavy atom. The molecule has 2 unspecified atom stereocenters. The first-order chi connectivity index (χ1) is 17.0. The minimum Gasteiger partial charge on any atom is -0.373 e. The lowest BCUT2D eigenvalue weighted by Crippen LogP contribution is -2.51. The molecule has 0 saturated heterocycles. The van der Waals surface area contributed by atoms with Crippen LogP contribution in [0, 0.1) is 23.6 Å². The Hall–Kier alpha value is -2.41. The highest BCUT2D eigenvalue weighted by molar-refractivity contribution is 6.39. The molecule has 4 fully saturated rings. The molecule has 4 saturated carbocycles. The fourth-order valence-electron chi connectivity index (χ4n) is 5.72. The molecule has 5 nitrogen and oxygen atoms in total. The molecule has 0 radical (unpaired) electrons. The third-order valence-electron chi connectivity index (χ3n) is 7.62. The van der Waals surface area contributed by atoms with Crippen LogP contribution in [-0.4, -0.2) is 17.2 Å². The predicted octanol–water partition coefficient (Wildman–Crippen LogP) is 7.23. The number of anilines is 1. The third-order valence-corrected chi connectivity index (χ3v) is 8.25. The second-order valence-corrected chi connectivity index (χ2v) is 10.7. The topological polar surface area (TPSA) is 64.4 Å². The monoisotopic (exact) mass is 514 g/mol. The van der Waals surface area contributed by atoms with Gasteiger partial charge in [0, 0.05) is 23.0 Å². The van der Waals surface area contributed by atoms with Gasteiger partial charge in [-0.3, -0.25) is 4.79 Å². The van der Waals surface area contributed by atoms with E-state index >= 15 is 0 Å². The number of fused-ring (bicyclic) bond motifs is 2. The van der Waals surface area contributed by atoms with Crippen LogP contribution in [0.5, 0.6) is 0 Å². The van der Waals surface area contributed by atoms with Crippen molar-refractivity contribution >= 4 is 34.8 Å². The van der Waals surface area contributed by atoms with E-state index in [0.717, 1.165) is 43.4 Å². The molecule has 7 rings (SSSR count). The van der Waals surface area contributed by atoms with E-state index in [4.69, 9.17) is 32.5 Å². The van der Waals surface area contributed by atoms with Gasteiger partial charge in [-0.25, -0.2) is 4.39 Å². The summed E-state index contributed by atoms with van der Waals surface area (Å²) in [5, 5.41) is 8.15. The lowest BCUT2D eigenvalue weighted by Gasteiger charge is -2.51. The molecule has 1 amide bonds. The molecule has 2 bridgehead atoms. The molecule has 8 heteroatoms. The summed E-state index contributed by atoms with van der Waals surface area (Å²) in [7, 11) is 0. The Kier molecular flexibility index (Phi) is 6.07. The maximum absolute atomic E-state index is 14.0. The number of ether oxygens (including phenoxy) is 1. The van der Waals surface area contributed by atoms with Crippen LogP contribution < -0.4 is 5.32 Å². The summed E-state index contributed by atoms with van der Waals surface area (Å²) in [6, 6.07) is 11.7. The number of benzene rings is 2. The Morgan fingerprint density at radius 1 is 1.06 bits per heavy atom. The quantitative estimate of drug-likeness (QED) is 0.361. The van der Waals surface area contributed by atoms with Crippen molar-refractivity contribution in [3.63, 3.8) is 0 Å². The molecule has 35 heavy (non-hydrogen) atoms. The van der Waals surface area contributed by atoms with Crippen LogP contribution in [0.3, 0.4) is 0 Å². The molecule has 182 valence electrons. The number of nitrogens with zero attached hydrogens (tertiary/aromatic N) is 1. The molecule has 2 atom stereocenters. The van der Waals surface area contributed by atoms with Crippen LogP contribution in [0.1, 0.15) is 49.3 Å². The average molecular weight is 515 g/mol. The van der Waals surface area contributed by atoms with Gasteiger partial charge < -0.3 is 14.6 Å². The Morgan fingerprint density at radius 3 is 2.46 bits per heavy atom. The number of aromatic nitrogens is 1. The largest absolute Gasteiger partial charge is 0.373 e. The van der Waals surface area contributed by atoms with Crippen molar-refractivity contribution < 1.29 is 18.4 Å². The van der Waals surface area contributed by atoms with Crippen LogP contribution in [-0.2, 0) is 16.1 Å². The first-order valence-corrected chi connectivity index (χ1v) is 12.8. The predicted molar refractivity (Wildman–Crippen MR) is 132 cm³/mol. The highest BCUT2D eigenvalue weighted by Crippen LogP contribution is 2.52. The average Bonchev–Trinajstić information content (AvgIpc) is 3.59. The normalized spacial score (nSPS) is 25.2. The second kappa shape index (κ2) is 9.23. The van der Waals surface area contributed by atoms with Gasteiger partial charge in [-0.05, 0) is 68.2 Å². The molecule has 0 aliphatic heterocycles. The van der Waals surface area contributed by atoms with E-state index in [2.05, 4.69) is 10.5 Å². The molecule has 4 aliphatic rings. The van der Waals surface area contributed by atoms with E-state index in [9.17, 15) is 9.18 Å². The number of nitrogens with one attached hydrogen (secondary N) is 1. The first kappa shape index (κ1) is 23.0. The van der Waals surface area contributed by atoms with E-state index in [0.29, 0.717) is 33.8 Å². The molecule has 2 aromatic carbocycles. The molecule has 0 spiro atoms. The summed E-state index contributed by atoms with van der Waals surface area (Å²) >= 11 is 12.9. The zero-order chi connectivity index (χ0) is 24.1. The SMILES string of the molecule is O=C(Nc1ccccc1F)C1C2CC(OCc3c(-c4c(Cl)cccc4Cl)noc3C3CC3)CC1C2. The van der Waals surface area contributed by atoms with Crippen LogP contribution in [0.15, 0.2) is 47.0 Å². The molecule has 1 aromatic heterocycles. The van der Waals surface area contributed by atoms with Crippen molar-refractivity contribution in [1.82, 2.24) is 5.16 Å². The fourth-order valence-corrected chi connectivity index (χ4v) is 6.30. The number of halogens is 3. The van der Waals surface area contributed by atoms with Crippen molar-refractivity contribution in [2.24, 2.45) is 17.8 Å². The number of carbonyl (C=O) groups excluding carboxylic acids is 1. The number of amides is 1. The summed E-state index contributed by atoms with van der Waals surface area (Å²) in [4.78, 5) is 12.8. The van der Waals surface area contributed by atoms with Crippen molar-refractivity contribution in [3.05, 3.63) is 69.7 Å². The summed E-state index contributed by atoms with van der Waals surface area (Å²) in [5.74, 6) is 1.11. The minimum absolute atomic E-state index is 0.0489. The number of carbonyl (C=O) groups is 1. The number of para-hydroxylation sites is 1. The Balaban J connectivity index is 1.13. The number of hydrogen-bond acceptors (Lipinski definition) is 4. The van der Waals surface area contributed by atoms with Gasteiger partial charge in [0.15, 0.2) is 0 Å². The van der Waals surface area contributed by atoms with Crippen LogP contribution in [0.2, 0.25) is 10.0 Å². The maximum atomic E-state index is 14.0. The van der Waals surface area contributed by atoms with E-state index < -0.39 is 5.82 Å². The zero-order valence-corrected chi connectivity index (χ0v) is 20.5. The van der Waals surface area contributed by atoms with E-state index in [1.165, 1.54) is 6.07 Å². The molecular weight excluding hydrogens is 490 g/mol. The lowest BCUT2D eigenvalue weighted by molar-refractivity contribution is -0.142. The van der Waals surface area contributed by atoms with Gasteiger partial charge in [-0.15, -0.1) is 0 Å². The lowest BCUT2D eigenvalue weighted by atomic mass is 9.56. The molecule has 3 aromatic rings. The van der Waals surface area contributed by atoms with Crippen molar-refractivity contribution in [2.45, 2.75) is 50.7 Å². The van der Waals surface area contributed by atoms with Crippen molar-refractivity contribution in [1.29, 1.82) is 0 Å². The van der Waals surface area contributed by atoms with Gasteiger partial charge in [0.25, 0.3) is 0 Å². The van der Waals surface area contributed by atoms with Crippen molar-refractivity contribution in [2.75, 3.05) is 5.32 Å². The smallest absolute Gasteiger partial charge is 0.228 e. The summed E-state index contributed by atoms with van der Waals surface area (Å²) < 4.78 is 26.1. The van der Waals surface area contributed by atoms with E-state index in [-0.39, 0.29) is 35.5 Å². The molecular formula is C27H25Cl2FN2O3. The Bertz CT molecular complexity index is 1240.